The summed E-state index contributed by atoms with van der Waals surface area (Å²) in [5.74, 6) is 1.79. The number of hydrogen-bond donors (Lipinski definition) is 1. The number of nitriles is 1. The minimum atomic E-state index is -1.05. The van der Waals surface area contributed by atoms with Gasteiger partial charge in [-0.15, -0.1) is 0 Å². The average Bonchev–Trinajstić information content (AvgIpc) is 3.34. The lowest BCUT2D eigenvalue weighted by atomic mass is 9.88. The van der Waals surface area contributed by atoms with Crippen molar-refractivity contribution in [2.75, 3.05) is 26.3 Å². The van der Waals surface area contributed by atoms with Crippen LogP contribution in [0.3, 0.4) is 0 Å². The Labute approximate surface area is 243 Å². The van der Waals surface area contributed by atoms with Crippen LogP contribution in [-0.4, -0.2) is 62.9 Å². The minimum absolute atomic E-state index is 0.0196. The van der Waals surface area contributed by atoms with Crippen molar-refractivity contribution < 1.29 is 24.1 Å². The number of carbonyl (C=O) groups is 1. The summed E-state index contributed by atoms with van der Waals surface area (Å²) in [7, 11) is 0. The maximum Gasteiger partial charge on any atom is 0.354 e. The number of likely N-dealkylation sites (tertiary alicyclic amines) is 1. The van der Waals surface area contributed by atoms with Crippen LogP contribution in [0.5, 0.6) is 11.5 Å². The second-order valence-corrected chi connectivity index (χ2v) is 11.1. The van der Waals surface area contributed by atoms with Crippen molar-refractivity contribution in [1.29, 1.82) is 5.26 Å². The van der Waals surface area contributed by atoms with Crippen molar-refractivity contribution in [2.45, 2.75) is 50.5 Å². The number of fused-ring (bicyclic) bond motifs is 2. The Morgan fingerprint density at radius 1 is 1.05 bits per heavy atom. The Bertz CT molecular complexity index is 1670. The zero-order valence-corrected chi connectivity index (χ0v) is 23.1. The average molecular weight is 566 g/mol. The summed E-state index contributed by atoms with van der Waals surface area (Å²) in [4.78, 5) is 23.2. The topological polar surface area (TPSA) is 123 Å². The smallest absolute Gasteiger partial charge is 0.354 e. The standard InChI is InChI=1S/C32H31N5O5/c33-16-20-4-6-22(7-5-20)28-19-41-30-24(2-1-3-27(30)42-28)21-10-13-36(14-11-21)18-29-34-25-8-9-26(32(38)39)35-31(25)37(29)17-23-12-15-40-23/h1-9,21,23,28H,10-15,17-19H2,(H,38,39)/t23-,28+/m0/s1. The second-order valence-electron chi connectivity index (χ2n) is 11.1. The highest BCUT2D eigenvalue weighted by Crippen LogP contribution is 2.44. The molecule has 0 spiro atoms. The van der Waals surface area contributed by atoms with E-state index in [1.54, 1.807) is 18.2 Å². The van der Waals surface area contributed by atoms with Crippen molar-refractivity contribution in [3.8, 4) is 17.6 Å². The summed E-state index contributed by atoms with van der Waals surface area (Å²) < 4.78 is 20.4. The summed E-state index contributed by atoms with van der Waals surface area (Å²) in [6.07, 6.45) is 2.82. The van der Waals surface area contributed by atoms with Gasteiger partial charge in [0.15, 0.2) is 28.9 Å². The molecule has 2 aromatic carbocycles. The molecule has 2 saturated heterocycles. The molecule has 10 heteroatoms. The van der Waals surface area contributed by atoms with E-state index in [0.29, 0.717) is 42.3 Å². The van der Waals surface area contributed by atoms with E-state index < -0.39 is 5.97 Å². The summed E-state index contributed by atoms with van der Waals surface area (Å²) >= 11 is 0. The molecular weight excluding hydrogens is 534 g/mol. The molecule has 4 aromatic rings. The highest BCUT2D eigenvalue weighted by atomic mass is 16.6. The fourth-order valence-electron chi connectivity index (χ4n) is 6.10. The van der Waals surface area contributed by atoms with Gasteiger partial charge in [0.1, 0.15) is 17.9 Å². The minimum Gasteiger partial charge on any atom is -0.485 e. The molecule has 42 heavy (non-hydrogen) atoms. The van der Waals surface area contributed by atoms with Crippen LogP contribution < -0.4 is 9.47 Å². The third-order valence-electron chi connectivity index (χ3n) is 8.53. The molecule has 0 saturated carbocycles. The molecule has 10 nitrogen and oxygen atoms in total. The Morgan fingerprint density at radius 2 is 1.86 bits per heavy atom. The first-order valence-corrected chi connectivity index (χ1v) is 14.4. The predicted octanol–water partition coefficient (Wildman–Crippen LogP) is 4.68. The molecule has 214 valence electrons. The van der Waals surface area contributed by atoms with E-state index in [2.05, 4.69) is 22.0 Å². The highest BCUT2D eigenvalue weighted by Gasteiger charge is 2.30. The molecule has 1 N–H and O–H groups in total. The Kier molecular flexibility index (Phi) is 6.98. The van der Waals surface area contributed by atoms with Crippen LogP contribution in [0.4, 0.5) is 0 Å². The number of ether oxygens (including phenoxy) is 3. The summed E-state index contributed by atoms with van der Waals surface area (Å²) in [6.45, 7) is 4.27. The van der Waals surface area contributed by atoms with Crippen molar-refractivity contribution in [3.05, 3.63) is 82.8 Å². The van der Waals surface area contributed by atoms with Gasteiger partial charge in [-0.1, -0.05) is 24.3 Å². The van der Waals surface area contributed by atoms with Crippen molar-refractivity contribution in [3.63, 3.8) is 0 Å². The normalized spacial score (nSPS) is 20.6. The van der Waals surface area contributed by atoms with Gasteiger partial charge in [-0.25, -0.2) is 14.8 Å². The van der Waals surface area contributed by atoms with Crippen LogP contribution in [0, 0.1) is 11.3 Å². The maximum absolute atomic E-state index is 11.6. The third-order valence-corrected chi connectivity index (χ3v) is 8.53. The fraction of sp³-hybridized carbons (Fsp3) is 0.375. The molecule has 5 heterocycles. The number of imidazole rings is 1. The fourth-order valence-corrected chi connectivity index (χ4v) is 6.10. The van der Waals surface area contributed by atoms with Gasteiger partial charge in [-0.3, -0.25) is 4.90 Å². The molecule has 2 aromatic heterocycles. The number of piperidine rings is 1. The number of benzene rings is 2. The number of aromatic nitrogens is 3. The van der Waals surface area contributed by atoms with Crippen LogP contribution in [0.2, 0.25) is 0 Å². The van der Waals surface area contributed by atoms with Gasteiger partial charge in [-0.05, 0) is 74.2 Å². The Balaban J connectivity index is 1.04. The van der Waals surface area contributed by atoms with Crippen LogP contribution in [0.15, 0.2) is 54.6 Å². The predicted molar refractivity (Wildman–Crippen MR) is 153 cm³/mol. The van der Waals surface area contributed by atoms with E-state index in [-0.39, 0.29) is 17.9 Å². The van der Waals surface area contributed by atoms with Crippen LogP contribution >= 0.6 is 0 Å². The molecule has 0 unspecified atom stereocenters. The lowest BCUT2D eigenvalue weighted by Gasteiger charge is -2.35. The molecule has 0 bridgehead atoms. The molecule has 2 fully saturated rings. The quantitative estimate of drug-likeness (QED) is 0.340. The first-order chi connectivity index (χ1) is 20.6. The zero-order chi connectivity index (χ0) is 28.6. The lowest BCUT2D eigenvalue weighted by Crippen LogP contribution is -2.35. The molecule has 0 radical (unpaired) electrons. The van der Waals surface area contributed by atoms with Gasteiger partial charge >= 0.3 is 5.97 Å². The monoisotopic (exact) mass is 565 g/mol. The van der Waals surface area contributed by atoms with Gasteiger partial charge in [-0.2, -0.15) is 5.26 Å². The van der Waals surface area contributed by atoms with Gasteiger partial charge in [0.25, 0.3) is 0 Å². The number of pyridine rings is 1. The van der Waals surface area contributed by atoms with Gasteiger partial charge in [0.05, 0.1) is 30.8 Å². The molecule has 0 aliphatic carbocycles. The summed E-state index contributed by atoms with van der Waals surface area (Å²) in [5.41, 5.74) is 4.12. The summed E-state index contributed by atoms with van der Waals surface area (Å²) in [6, 6.07) is 19.0. The van der Waals surface area contributed by atoms with Crippen LogP contribution in [-0.2, 0) is 17.8 Å². The van der Waals surface area contributed by atoms with Gasteiger partial charge in [0.2, 0.25) is 0 Å². The first-order valence-electron chi connectivity index (χ1n) is 14.4. The summed E-state index contributed by atoms with van der Waals surface area (Å²) in [5, 5.41) is 18.6. The van der Waals surface area contributed by atoms with E-state index >= 15 is 0 Å². The van der Waals surface area contributed by atoms with E-state index in [0.717, 1.165) is 61.8 Å². The van der Waals surface area contributed by atoms with Crippen LogP contribution in [0.1, 0.15) is 64.3 Å². The SMILES string of the molecule is N#Cc1ccc([C@H]2COc3c(cccc3C3CCN(Cc4nc5ccc(C(=O)O)nc5n4C[C@@H]4CCO4)CC3)O2)cc1. The van der Waals surface area contributed by atoms with E-state index in [1.807, 2.05) is 28.8 Å². The largest absolute Gasteiger partial charge is 0.485 e. The van der Waals surface area contributed by atoms with E-state index in [4.69, 9.17) is 24.5 Å². The molecule has 3 aliphatic heterocycles. The van der Waals surface area contributed by atoms with Crippen molar-refractivity contribution in [2.24, 2.45) is 0 Å². The number of nitrogens with zero attached hydrogens (tertiary/aromatic N) is 5. The number of carboxylic acids is 1. The number of para-hydroxylation sites is 1. The zero-order valence-electron chi connectivity index (χ0n) is 23.1. The van der Waals surface area contributed by atoms with E-state index in [1.165, 1.54) is 11.6 Å². The van der Waals surface area contributed by atoms with Gasteiger partial charge in [0, 0.05) is 12.2 Å². The third kappa shape index (κ3) is 5.06. The Morgan fingerprint density at radius 3 is 2.57 bits per heavy atom. The molecule has 2 atom stereocenters. The lowest BCUT2D eigenvalue weighted by molar-refractivity contribution is -0.0593. The second kappa shape index (κ2) is 11.1. The highest BCUT2D eigenvalue weighted by molar-refractivity contribution is 5.88. The Hall–Kier alpha value is -4.46. The van der Waals surface area contributed by atoms with E-state index in [9.17, 15) is 9.90 Å². The number of aromatic carboxylic acids is 1. The van der Waals surface area contributed by atoms with Crippen molar-refractivity contribution in [1.82, 2.24) is 19.4 Å². The molecule has 7 rings (SSSR count). The van der Waals surface area contributed by atoms with Gasteiger partial charge < -0.3 is 23.9 Å². The van der Waals surface area contributed by atoms with Crippen molar-refractivity contribution >= 4 is 17.1 Å². The first kappa shape index (κ1) is 26.4. The van der Waals surface area contributed by atoms with Crippen LogP contribution in [0.25, 0.3) is 11.2 Å². The number of carboxylic acid groups (broad SMARTS) is 1. The molecule has 0 amide bonds. The number of hydrogen-bond acceptors (Lipinski definition) is 8. The molecule has 3 aliphatic rings. The number of rotatable bonds is 7. The molecular formula is C32H31N5O5. The maximum atomic E-state index is 11.6.